The van der Waals surface area contributed by atoms with Crippen molar-refractivity contribution in [1.29, 1.82) is 0 Å². The smallest absolute Gasteiger partial charge is 0.338 e. The van der Waals surface area contributed by atoms with Gasteiger partial charge in [0, 0.05) is 24.3 Å². The molecule has 2 aromatic rings. The number of nitrogens with one attached hydrogen (secondary N) is 1. The summed E-state index contributed by atoms with van der Waals surface area (Å²) in [5, 5.41) is 2.59. The molecular weight excluding hydrogens is 388 g/mol. The summed E-state index contributed by atoms with van der Waals surface area (Å²) in [7, 11) is 0. The molecule has 30 heavy (non-hydrogen) atoms. The Balaban J connectivity index is 1.49. The molecular formula is C22H22N2O6. The lowest BCUT2D eigenvalue weighted by Gasteiger charge is -2.15. The highest BCUT2D eigenvalue weighted by molar-refractivity contribution is 5.98. The van der Waals surface area contributed by atoms with E-state index in [4.69, 9.17) is 9.47 Å². The van der Waals surface area contributed by atoms with Crippen LogP contribution in [0, 0.1) is 0 Å². The molecule has 1 fully saturated rings. The first-order chi connectivity index (χ1) is 14.5. The van der Waals surface area contributed by atoms with Crippen LogP contribution < -0.4 is 10.2 Å². The third-order valence-corrected chi connectivity index (χ3v) is 4.50. The molecule has 0 saturated carbocycles. The van der Waals surface area contributed by atoms with Crippen molar-refractivity contribution in [2.24, 2.45) is 0 Å². The number of hydrogen-bond acceptors (Lipinski definition) is 6. The van der Waals surface area contributed by atoms with Gasteiger partial charge in [-0.3, -0.25) is 9.59 Å². The number of amides is 2. The van der Waals surface area contributed by atoms with Crippen LogP contribution in [0.15, 0.2) is 48.5 Å². The Bertz CT molecular complexity index is 937. The minimum absolute atomic E-state index is 0.0669. The van der Waals surface area contributed by atoms with E-state index in [0.717, 1.165) is 12.1 Å². The molecule has 156 valence electrons. The molecule has 2 aromatic carbocycles. The molecule has 1 N–H and O–H groups in total. The first-order valence-electron chi connectivity index (χ1n) is 9.62. The minimum Gasteiger partial charge on any atom is -0.462 e. The Hall–Kier alpha value is -3.68. The molecule has 0 radical (unpaired) electrons. The van der Waals surface area contributed by atoms with Gasteiger partial charge in [0.2, 0.25) is 5.91 Å². The number of esters is 2. The Labute approximate surface area is 173 Å². The van der Waals surface area contributed by atoms with E-state index in [1.165, 1.54) is 12.1 Å². The number of nitrogens with zero attached hydrogens (tertiary/aromatic N) is 1. The number of rotatable bonds is 7. The lowest BCUT2D eigenvalue weighted by molar-refractivity contribution is -0.119. The Morgan fingerprint density at radius 2 is 1.53 bits per heavy atom. The normalized spacial score (nSPS) is 13.1. The predicted octanol–water partition coefficient (Wildman–Crippen LogP) is 2.79. The van der Waals surface area contributed by atoms with Crippen LogP contribution in [-0.2, 0) is 19.1 Å². The molecule has 0 unspecified atom stereocenters. The third-order valence-electron chi connectivity index (χ3n) is 4.50. The van der Waals surface area contributed by atoms with Gasteiger partial charge in [0.1, 0.15) is 0 Å². The second-order valence-electron chi connectivity index (χ2n) is 6.62. The van der Waals surface area contributed by atoms with E-state index in [1.54, 1.807) is 48.2 Å². The molecule has 0 aliphatic carbocycles. The zero-order valence-corrected chi connectivity index (χ0v) is 16.6. The van der Waals surface area contributed by atoms with Crippen LogP contribution in [0.2, 0.25) is 0 Å². The highest BCUT2D eigenvalue weighted by atomic mass is 16.5. The predicted molar refractivity (Wildman–Crippen MR) is 109 cm³/mol. The number of carbonyl (C=O) groups is 4. The van der Waals surface area contributed by atoms with E-state index >= 15 is 0 Å². The first-order valence-corrected chi connectivity index (χ1v) is 9.62. The average molecular weight is 410 g/mol. The van der Waals surface area contributed by atoms with Gasteiger partial charge < -0.3 is 19.7 Å². The molecule has 0 atom stereocenters. The van der Waals surface area contributed by atoms with Crippen molar-refractivity contribution >= 4 is 35.1 Å². The molecule has 1 aliphatic rings. The van der Waals surface area contributed by atoms with Crippen molar-refractivity contribution in [1.82, 2.24) is 0 Å². The third kappa shape index (κ3) is 5.22. The zero-order valence-electron chi connectivity index (χ0n) is 16.6. The molecule has 1 aliphatic heterocycles. The van der Waals surface area contributed by atoms with Crippen molar-refractivity contribution in [3.8, 4) is 0 Å². The van der Waals surface area contributed by atoms with Crippen molar-refractivity contribution in [3.63, 3.8) is 0 Å². The van der Waals surface area contributed by atoms with Gasteiger partial charge >= 0.3 is 11.9 Å². The summed E-state index contributed by atoms with van der Waals surface area (Å²) in [6.45, 7) is 2.22. The van der Waals surface area contributed by atoms with E-state index in [9.17, 15) is 19.2 Å². The maximum absolute atomic E-state index is 12.1. The fraction of sp³-hybridized carbons (Fsp3) is 0.273. The standard InChI is InChI=1S/C22H22N2O6/c1-2-29-21(27)15-5-9-17(10-6-15)23-19(25)14-30-22(28)16-7-11-18(12-8-16)24-13-3-4-20(24)26/h5-12H,2-4,13-14H2,1H3,(H,23,25). The summed E-state index contributed by atoms with van der Waals surface area (Å²) in [5.41, 5.74) is 1.86. The Morgan fingerprint density at radius 1 is 0.933 bits per heavy atom. The highest BCUT2D eigenvalue weighted by Crippen LogP contribution is 2.21. The van der Waals surface area contributed by atoms with Gasteiger partial charge in [-0.15, -0.1) is 0 Å². The summed E-state index contributed by atoms with van der Waals surface area (Å²) >= 11 is 0. The lowest BCUT2D eigenvalue weighted by atomic mass is 10.2. The van der Waals surface area contributed by atoms with Crippen LogP contribution in [0.4, 0.5) is 11.4 Å². The van der Waals surface area contributed by atoms with Crippen molar-refractivity contribution in [2.75, 3.05) is 30.0 Å². The average Bonchev–Trinajstić information content (AvgIpc) is 3.18. The molecule has 1 saturated heterocycles. The van der Waals surface area contributed by atoms with E-state index < -0.39 is 24.5 Å². The van der Waals surface area contributed by atoms with Crippen molar-refractivity contribution in [3.05, 3.63) is 59.7 Å². The van der Waals surface area contributed by atoms with Gasteiger partial charge in [-0.25, -0.2) is 9.59 Å². The zero-order chi connectivity index (χ0) is 21.5. The fourth-order valence-corrected chi connectivity index (χ4v) is 3.01. The van der Waals surface area contributed by atoms with E-state index in [2.05, 4.69) is 5.32 Å². The maximum atomic E-state index is 12.1. The lowest BCUT2D eigenvalue weighted by Crippen LogP contribution is -2.23. The van der Waals surface area contributed by atoms with Crippen LogP contribution >= 0.6 is 0 Å². The molecule has 3 rings (SSSR count). The quantitative estimate of drug-likeness (QED) is 0.705. The van der Waals surface area contributed by atoms with Crippen LogP contribution in [0.1, 0.15) is 40.5 Å². The van der Waals surface area contributed by atoms with Crippen LogP contribution in [0.25, 0.3) is 0 Å². The summed E-state index contributed by atoms with van der Waals surface area (Å²) < 4.78 is 9.93. The second kappa shape index (κ2) is 9.69. The van der Waals surface area contributed by atoms with Crippen molar-refractivity contribution in [2.45, 2.75) is 19.8 Å². The molecule has 8 heteroatoms. The fourth-order valence-electron chi connectivity index (χ4n) is 3.01. The summed E-state index contributed by atoms with van der Waals surface area (Å²) in [4.78, 5) is 49.2. The van der Waals surface area contributed by atoms with Gasteiger partial charge in [0.25, 0.3) is 5.91 Å². The number of anilines is 2. The maximum Gasteiger partial charge on any atom is 0.338 e. The van der Waals surface area contributed by atoms with Crippen LogP contribution in [0.3, 0.4) is 0 Å². The van der Waals surface area contributed by atoms with E-state index in [1.807, 2.05) is 0 Å². The number of hydrogen-bond donors (Lipinski definition) is 1. The first kappa shape index (κ1) is 21.0. The summed E-state index contributed by atoms with van der Waals surface area (Å²) in [6.07, 6.45) is 1.35. The largest absolute Gasteiger partial charge is 0.462 e. The van der Waals surface area contributed by atoms with Gasteiger partial charge in [-0.05, 0) is 61.9 Å². The van der Waals surface area contributed by atoms with Gasteiger partial charge in [-0.1, -0.05) is 0 Å². The molecule has 2 amide bonds. The highest BCUT2D eigenvalue weighted by Gasteiger charge is 2.22. The van der Waals surface area contributed by atoms with Crippen LogP contribution in [-0.4, -0.2) is 43.5 Å². The van der Waals surface area contributed by atoms with Gasteiger partial charge in [0.15, 0.2) is 6.61 Å². The van der Waals surface area contributed by atoms with Gasteiger partial charge in [-0.2, -0.15) is 0 Å². The SMILES string of the molecule is CCOC(=O)c1ccc(NC(=O)COC(=O)c2ccc(N3CCCC3=O)cc2)cc1. The molecule has 0 spiro atoms. The minimum atomic E-state index is -0.637. The summed E-state index contributed by atoms with van der Waals surface area (Å²) in [5.74, 6) is -1.52. The number of benzene rings is 2. The Kier molecular flexibility index (Phi) is 6.79. The number of ether oxygens (including phenoxy) is 2. The monoisotopic (exact) mass is 410 g/mol. The molecule has 0 aromatic heterocycles. The molecule has 8 nitrogen and oxygen atoms in total. The molecule has 0 bridgehead atoms. The second-order valence-corrected chi connectivity index (χ2v) is 6.62. The van der Waals surface area contributed by atoms with E-state index in [-0.39, 0.29) is 18.1 Å². The topological polar surface area (TPSA) is 102 Å². The van der Waals surface area contributed by atoms with Crippen LogP contribution in [0.5, 0.6) is 0 Å². The van der Waals surface area contributed by atoms with Crippen molar-refractivity contribution < 1.29 is 28.7 Å². The van der Waals surface area contributed by atoms with E-state index in [0.29, 0.717) is 24.2 Å². The molecule has 1 heterocycles. The summed E-state index contributed by atoms with van der Waals surface area (Å²) in [6, 6.07) is 12.7. The Morgan fingerprint density at radius 3 is 2.10 bits per heavy atom. The van der Waals surface area contributed by atoms with Gasteiger partial charge in [0.05, 0.1) is 17.7 Å². The number of carbonyl (C=O) groups excluding carboxylic acids is 4.